The van der Waals surface area contributed by atoms with Gasteiger partial charge in [-0.2, -0.15) is 5.10 Å². The maximum absolute atomic E-state index is 12.0. The molecule has 0 aliphatic rings. The summed E-state index contributed by atoms with van der Waals surface area (Å²) >= 11 is 0. The monoisotopic (exact) mass is 405 g/mol. The summed E-state index contributed by atoms with van der Waals surface area (Å²) < 4.78 is 12.9. The van der Waals surface area contributed by atoms with Crippen molar-refractivity contribution in [2.75, 3.05) is 6.61 Å². The molecule has 3 aromatic rings. The van der Waals surface area contributed by atoms with Crippen molar-refractivity contribution in [1.82, 2.24) is 9.99 Å². The first-order valence-corrected chi connectivity index (χ1v) is 9.56. The van der Waals surface area contributed by atoms with Crippen molar-refractivity contribution in [3.63, 3.8) is 0 Å². The Bertz CT molecular complexity index is 1060. The molecule has 0 saturated carbocycles. The van der Waals surface area contributed by atoms with Gasteiger partial charge in [-0.3, -0.25) is 9.59 Å². The van der Waals surface area contributed by atoms with Gasteiger partial charge in [0.25, 0.3) is 11.5 Å². The highest BCUT2D eigenvalue weighted by Crippen LogP contribution is 2.28. The standard InChI is InChI=1S/C23H23N3O4/c1-2-29-21-14-19(11-12-20(21)30-17-18-8-4-3-5-9-18)15-24-25-22(27)16-26-13-7-6-10-23(26)28/h3-15H,2,16-17H2,1H3,(H,25,27)/b24-15-. The van der Waals surface area contributed by atoms with E-state index in [4.69, 9.17) is 9.47 Å². The van der Waals surface area contributed by atoms with Crippen LogP contribution in [0.1, 0.15) is 18.1 Å². The summed E-state index contributed by atoms with van der Waals surface area (Å²) in [4.78, 5) is 23.6. The molecule has 7 nitrogen and oxygen atoms in total. The topological polar surface area (TPSA) is 81.9 Å². The molecule has 0 saturated heterocycles. The molecule has 0 atom stereocenters. The van der Waals surface area contributed by atoms with E-state index in [0.717, 1.165) is 11.1 Å². The molecule has 30 heavy (non-hydrogen) atoms. The lowest BCUT2D eigenvalue weighted by Gasteiger charge is -2.12. The molecule has 0 spiro atoms. The zero-order chi connectivity index (χ0) is 21.2. The van der Waals surface area contributed by atoms with Crippen LogP contribution in [0.15, 0.2) is 82.8 Å². The number of carbonyl (C=O) groups excluding carboxylic acids is 1. The summed E-state index contributed by atoms with van der Waals surface area (Å²) in [5, 5.41) is 3.96. The molecule has 0 fully saturated rings. The normalized spacial score (nSPS) is 10.7. The van der Waals surface area contributed by atoms with Crippen LogP contribution in [0.25, 0.3) is 0 Å². The van der Waals surface area contributed by atoms with Crippen LogP contribution in [0.2, 0.25) is 0 Å². The molecule has 3 rings (SSSR count). The molecule has 1 heterocycles. The van der Waals surface area contributed by atoms with Gasteiger partial charge in [0.1, 0.15) is 13.2 Å². The molecule has 7 heteroatoms. The Labute approximate surface area is 174 Å². The smallest absolute Gasteiger partial charge is 0.260 e. The van der Waals surface area contributed by atoms with E-state index < -0.39 is 5.91 Å². The maximum atomic E-state index is 12.0. The first kappa shape index (κ1) is 20.9. The summed E-state index contributed by atoms with van der Waals surface area (Å²) in [5.74, 6) is 0.831. The molecule has 0 unspecified atom stereocenters. The van der Waals surface area contributed by atoms with E-state index in [2.05, 4.69) is 10.5 Å². The predicted molar refractivity (Wildman–Crippen MR) is 115 cm³/mol. The highest BCUT2D eigenvalue weighted by molar-refractivity contribution is 5.83. The summed E-state index contributed by atoms with van der Waals surface area (Å²) in [5.41, 5.74) is 3.97. The Kier molecular flexibility index (Phi) is 7.38. The van der Waals surface area contributed by atoms with Crippen molar-refractivity contribution in [3.05, 3.63) is 94.4 Å². The van der Waals surface area contributed by atoms with Gasteiger partial charge in [-0.15, -0.1) is 0 Å². The Morgan fingerprint density at radius 1 is 1.03 bits per heavy atom. The fourth-order valence-electron chi connectivity index (χ4n) is 2.69. The van der Waals surface area contributed by atoms with E-state index in [-0.39, 0.29) is 12.1 Å². The zero-order valence-electron chi connectivity index (χ0n) is 16.7. The first-order valence-electron chi connectivity index (χ1n) is 9.56. The Balaban J connectivity index is 1.61. The zero-order valence-corrected chi connectivity index (χ0v) is 16.7. The first-order chi connectivity index (χ1) is 14.7. The van der Waals surface area contributed by atoms with Crippen molar-refractivity contribution in [3.8, 4) is 11.5 Å². The number of nitrogens with one attached hydrogen (secondary N) is 1. The Morgan fingerprint density at radius 2 is 1.83 bits per heavy atom. The number of ether oxygens (including phenoxy) is 2. The second kappa shape index (κ2) is 10.6. The molecule has 1 aromatic heterocycles. The molecule has 0 radical (unpaired) electrons. The lowest BCUT2D eigenvalue weighted by Crippen LogP contribution is -2.28. The summed E-state index contributed by atoms with van der Waals surface area (Å²) in [6, 6.07) is 20.0. The molecule has 0 bridgehead atoms. The van der Waals surface area contributed by atoms with Gasteiger partial charge < -0.3 is 14.0 Å². The van der Waals surface area contributed by atoms with Gasteiger partial charge in [0.2, 0.25) is 0 Å². The molecular weight excluding hydrogens is 382 g/mol. The number of pyridine rings is 1. The average molecular weight is 405 g/mol. The van der Waals surface area contributed by atoms with Crippen LogP contribution in [0.3, 0.4) is 0 Å². The van der Waals surface area contributed by atoms with Crippen LogP contribution in [-0.4, -0.2) is 23.3 Å². The lowest BCUT2D eigenvalue weighted by atomic mass is 10.2. The number of benzene rings is 2. The molecule has 1 N–H and O–H groups in total. The maximum Gasteiger partial charge on any atom is 0.260 e. The third kappa shape index (κ3) is 6.07. The summed E-state index contributed by atoms with van der Waals surface area (Å²) in [7, 11) is 0. The summed E-state index contributed by atoms with van der Waals surface area (Å²) in [6.07, 6.45) is 3.06. The number of rotatable bonds is 9. The van der Waals surface area contributed by atoms with E-state index in [1.807, 2.05) is 43.3 Å². The fourth-order valence-corrected chi connectivity index (χ4v) is 2.69. The second-order valence-electron chi connectivity index (χ2n) is 6.37. The van der Waals surface area contributed by atoms with Crippen LogP contribution in [0.5, 0.6) is 11.5 Å². The van der Waals surface area contributed by atoms with Crippen molar-refractivity contribution in [2.45, 2.75) is 20.1 Å². The third-order valence-corrected chi connectivity index (χ3v) is 4.12. The minimum atomic E-state index is -0.396. The van der Waals surface area contributed by atoms with Gasteiger partial charge in [-0.25, -0.2) is 5.43 Å². The van der Waals surface area contributed by atoms with Crippen LogP contribution >= 0.6 is 0 Å². The number of carbonyl (C=O) groups is 1. The third-order valence-electron chi connectivity index (χ3n) is 4.12. The minimum Gasteiger partial charge on any atom is -0.490 e. The van der Waals surface area contributed by atoms with Gasteiger partial charge in [0, 0.05) is 12.3 Å². The molecule has 2 aromatic carbocycles. The Hall–Kier alpha value is -3.87. The van der Waals surface area contributed by atoms with Crippen molar-refractivity contribution >= 4 is 12.1 Å². The van der Waals surface area contributed by atoms with Crippen LogP contribution < -0.4 is 20.5 Å². The molecule has 0 aliphatic heterocycles. The van der Waals surface area contributed by atoms with Crippen LogP contribution in [-0.2, 0) is 17.9 Å². The quantitative estimate of drug-likeness (QED) is 0.438. The average Bonchev–Trinajstić information content (AvgIpc) is 2.76. The van der Waals surface area contributed by atoms with E-state index in [1.165, 1.54) is 16.8 Å². The van der Waals surface area contributed by atoms with Crippen molar-refractivity contribution < 1.29 is 14.3 Å². The van der Waals surface area contributed by atoms with Gasteiger partial charge in [0.15, 0.2) is 11.5 Å². The van der Waals surface area contributed by atoms with Crippen molar-refractivity contribution in [1.29, 1.82) is 0 Å². The molecule has 0 aliphatic carbocycles. The van der Waals surface area contributed by atoms with Gasteiger partial charge >= 0.3 is 0 Å². The molecule has 1 amide bonds. The second-order valence-corrected chi connectivity index (χ2v) is 6.37. The fraction of sp³-hybridized carbons (Fsp3) is 0.174. The van der Waals surface area contributed by atoms with Gasteiger partial charge in [-0.05, 0) is 42.3 Å². The van der Waals surface area contributed by atoms with E-state index in [9.17, 15) is 9.59 Å². The molecule has 154 valence electrons. The van der Waals surface area contributed by atoms with Crippen LogP contribution in [0.4, 0.5) is 0 Å². The van der Waals surface area contributed by atoms with Crippen LogP contribution in [0, 0.1) is 0 Å². The van der Waals surface area contributed by atoms with E-state index in [0.29, 0.717) is 24.7 Å². The Morgan fingerprint density at radius 3 is 2.60 bits per heavy atom. The predicted octanol–water partition coefficient (Wildman–Crippen LogP) is 2.98. The van der Waals surface area contributed by atoms with E-state index in [1.54, 1.807) is 30.5 Å². The number of hydrazone groups is 1. The SMILES string of the molecule is CCOc1cc(/C=N\NC(=O)Cn2ccccc2=O)ccc1OCc1ccccc1. The minimum absolute atomic E-state index is 0.104. The lowest BCUT2D eigenvalue weighted by molar-refractivity contribution is -0.121. The van der Waals surface area contributed by atoms with Gasteiger partial charge in [0.05, 0.1) is 12.8 Å². The van der Waals surface area contributed by atoms with E-state index >= 15 is 0 Å². The highest BCUT2D eigenvalue weighted by atomic mass is 16.5. The number of aromatic nitrogens is 1. The number of hydrogen-bond donors (Lipinski definition) is 1. The number of hydrogen-bond acceptors (Lipinski definition) is 5. The van der Waals surface area contributed by atoms with Gasteiger partial charge in [-0.1, -0.05) is 36.4 Å². The molecular formula is C23H23N3O4. The van der Waals surface area contributed by atoms with Crippen molar-refractivity contribution in [2.24, 2.45) is 5.10 Å². The summed E-state index contributed by atoms with van der Waals surface area (Å²) in [6.45, 7) is 2.72. The number of amides is 1. The highest BCUT2D eigenvalue weighted by Gasteiger charge is 2.07. The number of nitrogens with zero attached hydrogens (tertiary/aromatic N) is 2. The largest absolute Gasteiger partial charge is 0.490 e.